The van der Waals surface area contributed by atoms with Crippen molar-refractivity contribution in [3.8, 4) is 0 Å². The quantitative estimate of drug-likeness (QED) is 0.843. The molecule has 0 radical (unpaired) electrons. The Morgan fingerprint density at radius 1 is 1.38 bits per heavy atom. The number of aliphatic carboxylic acids is 1. The van der Waals surface area contributed by atoms with Gasteiger partial charge < -0.3 is 14.9 Å². The third kappa shape index (κ3) is 3.11. The lowest BCUT2D eigenvalue weighted by Crippen LogP contribution is -2.31. The molecule has 0 bridgehead atoms. The number of hydrogen-bond donors (Lipinski definition) is 2. The van der Waals surface area contributed by atoms with E-state index >= 15 is 0 Å². The van der Waals surface area contributed by atoms with Crippen molar-refractivity contribution in [3.63, 3.8) is 0 Å². The van der Waals surface area contributed by atoms with Crippen molar-refractivity contribution in [1.82, 2.24) is 15.5 Å². The number of carbonyl (C=O) groups is 2. The molecule has 2 aromatic heterocycles. The van der Waals surface area contributed by atoms with Crippen LogP contribution in [0.1, 0.15) is 67.2 Å². The van der Waals surface area contributed by atoms with Gasteiger partial charge in [0.25, 0.3) is 11.6 Å². The summed E-state index contributed by atoms with van der Waals surface area (Å²) in [6, 6.07) is 1.80. The summed E-state index contributed by atoms with van der Waals surface area (Å²) in [6.07, 6.45) is 2.11. The van der Waals surface area contributed by atoms with E-state index in [4.69, 9.17) is 9.63 Å². The van der Waals surface area contributed by atoms with E-state index in [9.17, 15) is 9.59 Å². The number of pyridine rings is 1. The van der Waals surface area contributed by atoms with Crippen LogP contribution in [0.4, 0.5) is 0 Å². The van der Waals surface area contributed by atoms with Crippen molar-refractivity contribution in [2.24, 2.45) is 5.92 Å². The number of nitrogens with one attached hydrogen (secondary N) is 1. The third-order valence-corrected chi connectivity index (χ3v) is 4.27. The first-order valence-corrected chi connectivity index (χ1v) is 8.19. The molecule has 2 aromatic rings. The highest BCUT2D eigenvalue weighted by molar-refractivity contribution is 6.06. The highest BCUT2D eigenvalue weighted by Crippen LogP contribution is 2.41. The normalized spacial score (nSPS) is 15.7. The minimum absolute atomic E-state index is 0.0685. The van der Waals surface area contributed by atoms with E-state index in [1.807, 2.05) is 13.8 Å². The molecule has 2 N–H and O–H groups in total. The summed E-state index contributed by atoms with van der Waals surface area (Å²) >= 11 is 0. The fraction of sp³-hybridized carbons (Fsp3) is 0.529. The number of carboxylic acid groups (broad SMARTS) is 1. The Balaban J connectivity index is 1.98. The minimum atomic E-state index is -0.943. The number of nitrogens with zero attached hydrogens (tertiary/aromatic N) is 2. The molecule has 1 saturated carbocycles. The molecular formula is C17H21N3O4. The van der Waals surface area contributed by atoms with Gasteiger partial charge in [0.05, 0.1) is 22.6 Å². The van der Waals surface area contributed by atoms with Gasteiger partial charge in [0.2, 0.25) is 0 Å². The molecule has 7 nitrogen and oxygen atoms in total. The zero-order valence-electron chi connectivity index (χ0n) is 14.0. The number of carbonyl (C=O) groups excluding carboxylic acids is 1. The monoisotopic (exact) mass is 331 g/mol. The van der Waals surface area contributed by atoms with E-state index < -0.39 is 11.9 Å². The fourth-order valence-corrected chi connectivity index (χ4v) is 2.58. The standard InChI is InChI=1S/C17H21N3O4/c1-8(2)14-13-11(15(21)18-7-9(3)17(22)23)6-12(10-4-5-10)19-16(13)24-20-14/h6,8-10H,4-5,7H2,1-3H3,(H,18,21)(H,22,23). The highest BCUT2D eigenvalue weighted by Gasteiger charge is 2.29. The highest BCUT2D eigenvalue weighted by atomic mass is 16.5. The van der Waals surface area contributed by atoms with Gasteiger partial charge in [0.15, 0.2) is 0 Å². The van der Waals surface area contributed by atoms with Crippen LogP contribution >= 0.6 is 0 Å². The summed E-state index contributed by atoms with van der Waals surface area (Å²) in [6.45, 7) is 5.57. The van der Waals surface area contributed by atoms with Crippen molar-refractivity contribution in [2.45, 2.75) is 45.4 Å². The summed E-state index contributed by atoms with van der Waals surface area (Å²) in [5.74, 6) is -1.46. The molecule has 24 heavy (non-hydrogen) atoms. The molecular weight excluding hydrogens is 310 g/mol. The van der Waals surface area contributed by atoms with Gasteiger partial charge in [-0.1, -0.05) is 25.9 Å². The first-order chi connectivity index (χ1) is 11.4. The van der Waals surface area contributed by atoms with Crippen LogP contribution in [0.15, 0.2) is 10.6 Å². The molecule has 0 aromatic carbocycles. The van der Waals surface area contributed by atoms with Gasteiger partial charge in [-0.05, 0) is 24.8 Å². The van der Waals surface area contributed by atoms with Gasteiger partial charge >= 0.3 is 5.97 Å². The van der Waals surface area contributed by atoms with E-state index in [0.29, 0.717) is 28.3 Å². The Kier molecular flexibility index (Phi) is 4.26. The Labute approximate surface area is 139 Å². The van der Waals surface area contributed by atoms with Crippen LogP contribution in [0.25, 0.3) is 11.1 Å². The maximum absolute atomic E-state index is 12.7. The van der Waals surface area contributed by atoms with E-state index in [2.05, 4.69) is 15.5 Å². The second-order valence-corrected chi connectivity index (χ2v) is 6.72. The molecule has 128 valence electrons. The number of hydrogen-bond acceptors (Lipinski definition) is 5. The Morgan fingerprint density at radius 2 is 2.08 bits per heavy atom. The maximum Gasteiger partial charge on any atom is 0.308 e. The fourth-order valence-electron chi connectivity index (χ4n) is 2.58. The lowest BCUT2D eigenvalue weighted by atomic mass is 10.0. The Hall–Kier alpha value is -2.44. The summed E-state index contributed by atoms with van der Waals surface area (Å²) < 4.78 is 5.35. The second-order valence-electron chi connectivity index (χ2n) is 6.72. The van der Waals surface area contributed by atoms with Gasteiger partial charge in [-0.25, -0.2) is 4.98 Å². The lowest BCUT2D eigenvalue weighted by molar-refractivity contribution is -0.140. The van der Waals surface area contributed by atoms with Crippen molar-refractivity contribution in [2.75, 3.05) is 6.54 Å². The Bertz CT molecular complexity index is 792. The van der Waals surface area contributed by atoms with Gasteiger partial charge in [0, 0.05) is 18.2 Å². The largest absolute Gasteiger partial charge is 0.481 e. The molecule has 2 heterocycles. The molecule has 1 amide bonds. The predicted molar refractivity (Wildman–Crippen MR) is 87.0 cm³/mol. The van der Waals surface area contributed by atoms with Crippen molar-refractivity contribution < 1.29 is 19.2 Å². The van der Waals surface area contributed by atoms with E-state index in [1.165, 1.54) is 0 Å². The average Bonchev–Trinajstić information content (AvgIpc) is 3.30. The molecule has 1 atom stereocenters. The first-order valence-electron chi connectivity index (χ1n) is 8.19. The molecule has 1 aliphatic rings. The molecule has 0 aliphatic heterocycles. The molecule has 1 unspecified atom stereocenters. The van der Waals surface area contributed by atoms with Crippen LogP contribution in [-0.4, -0.2) is 33.7 Å². The van der Waals surface area contributed by atoms with E-state index in [1.54, 1.807) is 13.0 Å². The van der Waals surface area contributed by atoms with Crippen molar-refractivity contribution >= 4 is 23.0 Å². The molecule has 7 heteroatoms. The second kappa shape index (κ2) is 6.22. The van der Waals surface area contributed by atoms with Crippen LogP contribution in [-0.2, 0) is 4.79 Å². The molecule has 1 fully saturated rings. The van der Waals surface area contributed by atoms with Crippen LogP contribution in [0.5, 0.6) is 0 Å². The van der Waals surface area contributed by atoms with Crippen LogP contribution < -0.4 is 5.32 Å². The molecule has 0 saturated heterocycles. The third-order valence-electron chi connectivity index (χ3n) is 4.27. The van der Waals surface area contributed by atoms with E-state index in [0.717, 1.165) is 18.5 Å². The average molecular weight is 331 g/mol. The summed E-state index contributed by atoms with van der Waals surface area (Å²) in [5.41, 5.74) is 2.37. The number of carboxylic acids is 1. The predicted octanol–water partition coefficient (Wildman–Crippen LogP) is 2.67. The Morgan fingerprint density at radius 3 is 2.67 bits per heavy atom. The summed E-state index contributed by atoms with van der Waals surface area (Å²) in [4.78, 5) is 28.1. The van der Waals surface area contributed by atoms with Crippen molar-refractivity contribution in [3.05, 3.63) is 23.0 Å². The summed E-state index contributed by atoms with van der Waals surface area (Å²) in [5, 5.41) is 16.3. The van der Waals surface area contributed by atoms with E-state index in [-0.39, 0.29) is 18.4 Å². The molecule has 1 aliphatic carbocycles. The minimum Gasteiger partial charge on any atom is -0.481 e. The van der Waals surface area contributed by atoms with Gasteiger partial charge in [-0.2, -0.15) is 0 Å². The topological polar surface area (TPSA) is 105 Å². The zero-order valence-corrected chi connectivity index (χ0v) is 14.0. The smallest absolute Gasteiger partial charge is 0.308 e. The molecule has 3 rings (SSSR count). The number of aromatic nitrogens is 2. The van der Waals surface area contributed by atoms with Crippen molar-refractivity contribution in [1.29, 1.82) is 0 Å². The van der Waals surface area contributed by atoms with Crippen LogP contribution in [0.3, 0.4) is 0 Å². The lowest BCUT2D eigenvalue weighted by Gasteiger charge is -2.11. The van der Waals surface area contributed by atoms with Gasteiger partial charge in [0.1, 0.15) is 0 Å². The van der Waals surface area contributed by atoms with Crippen LogP contribution in [0, 0.1) is 5.92 Å². The van der Waals surface area contributed by atoms with Gasteiger partial charge in [-0.15, -0.1) is 0 Å². The maximum atomic E-state index is 12.7. The van der Waals surface area contributed by atoms with Gasteiger partial charge in [-0.3, -0.25) is 9.59 Å². The summed E-state index contributed by atoms with van der Waals surface area (Å²) in [7, 11) is 0. The SMILES string of the molecule is CC(CNC(=O)c1cc(C2CC2)nc2onc(C(C)C)c12)C(=O)O. The first kappa shape index (κ1) is 16.4. The number of fused-ring (bicyclic) bond motifs is 1. The zero-order chi connectivity index (χ0) is 17.4. The number of rotatable bonds is 6. The van der Waals surface area contributed by atoms with Crippen LogP contribution in [0.2, 0.25) is 0 Å². The number of amides is 1. The molecule has 0 spiro atoms.